The second-order valence-electron chi connectivity index (χ2n) is 5.78. The maximum absolute atomic E-state index is 6.21. The smallest absolute Gasteiger partial charge is 0.138 e. The summed E-state index contributed by atoms with van der Waals surface area (Å²) in [6.07, 6.45) is 0. The zero-order valence-corrected chi connectivity index (χ0v) is 14.5. The first-order valence-corrected chi connectivity index (χ1v) is 7.59. The van der Waals surface area contributed by atoms with Gasteiger partial charge in [-0.15, -0.1) is 0 Å². The van der Waals surface area contributed by atoms with Crippen molar-refractivity contribution in [3.63, 3.8) is 0 Å². The summed E-state index contributed by atoms with van der Waals surface area (Å²) >= 11 is 18.6. The minimum absolute atomic E-state index is 0.210. The number of hydrogen-bond acceptors (Lipinski definition) is 3. The van der Waals surface area contributed by atoms with Crippen molar-refractivity contribution in [1.82, 2.24) is 9.97 Å². The van der Waals surface area contributed by atoms with Crippen molar-refractivity contribution < 1.29 is 0 Å². The Hall–Kier alpha value is -1.03. The Bertz CT molecular complexity index is 658. The van der Waals surface area contributed by atoms with Crippen LogP contribution in [0.3, 0.4) is 0 Å². The van der Waals surface area contributed by atoms with E-state index in [2.05, 4.69) is 15.3 Å². The van der Waals surface area contributed by atoms with Crippen LogP contribution < -0.4 is 5.32 Å². The van der Waals surface area contributed by atoms with Crippen LogP contribution >= 0.6 is 34.8 Å². The third kappa shape index (κ3) is 3.60. The summed E-state index contributed by atoms with van der Waals surface area (Å²) < 4.78 is 0. The van der Waals surface area contributed by atoms with Crippen molar-refractivity contribution in [3.05, 3.63) is 44.8 Å². The van der Waals surface area contributed by atoms with E-state index in [1.54, 1.807) is 18.2 Å². The number of nitrogens with zero attached hydrogens (tertiary/aromatic N) is 2. The van der Waals surface area contributed by atoms with Gasteiger partial charge in [-0.2, -0.15) is 0 Å². The Morgan fingerprint density at radius 2 is 1.57 bits per heavy atom. The molecule has 21 heavy (non-hydrogen) atoms. The van der Waals surface area contributed by atoms with Crippen molar-refractivity contribution in [2.24, 2.45) is 0 Å². The van der Waals surface area contributed by atoms with Crippen LogP contribution in [0.25, 0.3) is 0 Å². The summed E-state index contributed by atoms with van der Waals surface area (Å²) in [5.41, 5.74) is 1.15. The maximum atomic E-state index is 6.21. The van der Waals surface area contributed by atoms with E-state index in [-0.39, 0.29) is 5.41 Å². The Balaban J connectivity index is 2.52. The van der Waals surface area contributed by atoms with Gasteiger partial charge in [0.15, 0.2) is 0 Å². The molecule has 1 heterocycles. The number of benzene rings is 1. The molecule has 0 bridgehead atoms. The highest BCUT2D eigenvalue weighted by atomic mass is 35.5. The van der Waals surface area contributed by atoms with Crippen LogP contribution in [0, 0.1) is 6.92 Å². The number of halogens is 3. The van der Waals surface area contributed by atoms with E-state index < -0.39 is 0 Å². The lowest BCUT2D eigenvalue weighted by molar-refractivity contribution is 0.545. The van der Waals surface area contributed by atoms with Gasteiger partial charge < -0.3 is 5.32 Å². The quantitative estimate of drug-likeness (QED) is 0.701. The van der Waals surface area contributed by atoms with Gasteiger partial charge in [0, 0.05) is 11.0 Å². The van der Waals surface area contributed by atoms with Crippen LogP contribution in [0.2, 0.25) is 15.2 Å². The molecule has 3 nitrogen and oxygen atoms in total. The standard InChI is InChI=1S/C15H16Cl3N3/c1-8-12(18)20-14(15(2,3)4)21-13(8)19-11-9(16)6-5-7-10(11)17/h5-7H,1-4H3,(H,19,20,21). The third-order valence-corrected chi connectivity index (χ3v) is 3.96. The lowest BCUT2D eigenvalue weighted by Crippen LogP contribution is -2.17. The topological polar surface area (TPSA) is 37.8 Å². The van der Waals surface area contributed by atoms with Crippen LogP contribution in [0.5, 0.6) is 0 Å². The molecule has 1 aromatic carbocycles. The van der Waals surface area contributed by atoms with Crippen molar-refractivity contribution >= 4 is 46.3 Å². The molecule has 0 amide bonds. The first-order chi connectivity index (χ1) is 9.70. The molecule has 1 aromatic heterocycles. The summed E-state index contributed by atoms with van der Waals surface area (Å²) in [5.74, 6) is 1.26. The number of aromatic nitrogens is 2. The molecule has 1 N–H and O–H groups in total. The molecule has 0 fully saturated rings. The molecule has 0 radical (unpaired) electrons. The normalized spacial score (nSPS) is 11.6. The Morgan fingerprint density at radius 3 is 2.10 bits per heavy atom. The highest BCUT2D eigenvalue weighted by Gasteiger charge is 2.21. The predicted octanol–water partition coefficient (Wildman–Crippen LogP) is 5.79. The maximum Gasteiger partial charge on any atom is 0.138 e. The molecule has 0 aliphatic rings. The number of nitrogens with one attached hydrogen (secondary N) is 1. The van der Waals surface area contributed by atoms with Gasteiger partial charge in [-0.25, -0.2) is 9.97 Å². The molecule has 112 valence electrons. The summed E-state index contributed by atoms with van der Waals surface area (Å²) in [6.45, 7) is 7.93. The molecule has 0 aliphatic carbocycles. The van der Waals surface area contributed by atoms with Gasteiger partial charge in [0.25, 0.3) is 0 Å². The van der Waals surface area contributed by atoms with Gasteiger partial charge >= 0.3 is 0 Å². The van der Waals surface area contributed by atoms with Crippen molar-refractivity contribution in [2.75, 3.05) is 5.32 Å². The summed E-state index contributed by atoms with van der Waals surface area (Å²) in [7, 11) is 0. The van der Waals surface area contributed by atoms with E-state index in [4.69, 9.17) is 34.8 Å². The molecule has 0 saturated heterocycles. The van der Waals surface area contributed by atoms with Crippen molar-refractivity contribution in [3.8, 4) is 0 Å². The Morgan fingerprint density at radius 1 is 1.00 bits per heavy atom. The van der Waals surface area contributed by atoms with Crippen LogP contribution in [-0.2, 0) is 5.41 Å². The molecule has 0 aliphatic heterocycles. The van der Waals surface area contributed by atoms with Crippen molar-refractivity contribution in [2.45, 2.75) is 33.1 Å². The van der Waals surface area contributed by atoms with Crippen LogP contribution in [0.15, 0.2) is 18.2 Å². The number of para-hydroxylation sites is 1. The fourth-order valence-electron chi connectivity index (χ4n) is 1.68. The summed E-state index contributed by atoms with van der Waals surface area (Å²) in [4.78, 5) is 8.90. The summed E-state index contributed by atoms with van der Waals surface area (Å²) in [6, 6.07) is 5.31. The molecular weight excluding hydrogens is 329 g/mol. The minimum atomic E-state index is -0.210. The zero-order valence-electron chi connectivity index (χ0n) is 12.3. The SMILES string of the molecule is Cc1c(Cl)nc(C(C)(C)C)nc1Nc1c(Cl)cccc1Cl. The fraction of sp³-hybridized carbons (Fsp3) is 0.333. The van der Waals surface area contributed by atoms with Gasteiger partial charge in [0.2, 0.25) is 0 Å². The fourth-order valence-corrected chi connectivity index (χ4v) is 2.34. The highest BCUT2D eigenvalue weighted by Crippen LogP contribution is 2.34. The first kappa shape index (κ1) is 16.3. The third-order valence-electron chi connectivity index (χ3n) is 2.96. The average molecular weight is 345 g/mol. The second-order valence-corrected chi connectivity index (χ2v) is 6.96. The summed E-state index contributed by atoms with van der Waals surface area (Å²) in [5, 5.41) is 4.62. The van der Waals surface area contributed by atoms with Crippen LogP contribution in [0.1, 0.15) is 32.2 Å². The number of hydrogen-bond donors (Lipinski definition) is 1. The van der Waals surface area contributed by atoms with E-state index >= 15 is 0 Å². The van der Waals surface area contributed by atoms with E-state index in [0.717, 1.165) is 5.56 Å². The lowest BCUT2D eigenvalue weighted by Gasteiger charge is -2.20. The van der Waals surface area contributed by atoms with Gasteiger partial charge in [0.1, 0.15) is 16.8 Å². The number of rotatable bonds is 2. The number of anilines is 2. The van der Waals surface area contributed by atoms with Gasteiger partial charge in [0.05, 0.1) is 15.7 Å². The second kappa shape index (κ2) is 5.99. The van der Waals surface area contributed by atoms with Gasteiger partial charge in [-0.1, -0.05) is 61.6 Å². The molecule has 0 saturated carbocycles. The molecule has 0 unspecified atom stereocenters. The van der Waals surface area contributed by atoms with Crippen LogP contribution in [-0.4, -0.2) is 9.97 Å². The lowest BCUT2D eigenvalue weighted by atomic mass is 9.95. The minimum Gasteiger partial charge on any atom is -0.337 e. The average Bonchev–Trinajstić information content (AvgIpc) is 2.37. The Kier molecular flexibility index (Phi) is 4.66. The monoisotopic (exact) mass is 343 g/mol. The molecule has 0 atom stereocenters. The molecule has 0 spiro atoms. The van der Waals surface area contributed by atoms with E-state index in [1.807, 2.05) is 27.7 Å². The first-order valence-electron chi connectivity index (χ1n) is 6.46. The molecule has 6 heteroatoms. The van der Waals surface area contributed by atoms with E-state index in [9.17, 15) is 0 Å². The van der Waals surface area contributed by atoms with Crippen molar-refractivity contribution in [1.29, 1.82) is 0 Å². The van der Waals surface area contributed by atoms with E-state index in [1.165, 1.54) is 0 Å². The van der Waals surface area contributed by atoms with Gasteiger partial charge in [-0.3, -0.25) is 0 Å². The van der Waals surface area contributed by atoms with Gasteiger partial charge in [-0.05, 0) is 19.1 Å². The molecular formula is C15H16Cl3N3. The predicted molar refractivity (Wildman–Crippen MR) is 90.2 cm³/mol. The van der Waals surface area contributed by atoms with Crippen LogP contribution in [0.4, 0.5) is 11.5 Å². The molecule has 2 rings (SSSR count). The highest BCUT2D eigenvalue weighted by molar-refractivity contribution is 6.39. The molecule has 2 aromatic rings. The zero-order chi connectivity index (χ0) is 15.8. The Labute approximate surface area is 139 Å². The van der Waals surface area contributed by atoms with E-state index in [0.29, 0.717) is 32.5 Å². The largest absolute Gasteiger partial charge is 0.337 e.